The highest BCUT2D eigenvalue weighted by atomic mass is 32.2. The summed E-state index contributed by atoms with van der Waals surface area (Å²) in [4.78, 5) is 15.2. The number of aromatic nitrogens is 4. The Hall–Kier alpha value is -3.57. The largest absolute Gasteiger partial charge is 0.360 e. The normalized spacial score (nSPS) is 10.8. The molecule has 2 N–H and O–H groups in total. The van der Waals surface area contributed by atoms with Crippen LogP contribution in [0.5, 0.6) is 0 Å². The van der Waals surface area contributed by atoms with Crippen molar-refractivity contribution in [2.45, 2.75) is 12.1 Å². The molecule has 2 aromatic heterocycles. The molecule has 0 atom stereocenters. The van der Waals surface area contributed by atoms with Crippen molar-refractivity contribution >= 4 is 28.6 Å². The summed E-state index contributed by atoms with van der Waals surface area (Å²) >= 11 is 1.29. The van der Waals surface area contributed by atoms with Crippen LogP contribution in [0.15, 0.2) is 59.9 Å². The molecular formula is C21H18N6OS. The Labute approximate surface area is 171 Å². The van der Waals surface area contributed by atoms with Gasteiger partial charge in [-0.25, -0.2) is 0 Å². The monoisotopic (exact) mass is 402 g/mol. The Balaban J connectivity index is 1.77. The first-order valence-corrected chi connectivity index (χ1v) is 10.0. The predicted molar refractivity (Wildman–Crippen MR) is 113 cm³/mol. The summed E-state index contributed by atoms with van der Waals surface area (Å²) < 4.78 is 1.96. The number of carbonyl (C=O) groups excluding carboxylic acids is 1. The number of thioether (sulfide) groups is 1. The minimum atomic E-state index is -0.219. The van der Waals surface area contributed by atoms with Crippen LogP contribution in [0.4, 0.5) is 0 Å². The van der Waals surface area contributed by atoms with E-state index in [-0.39, 0.29) is 18.2 Å². The van der Waals surface area contributed by atoms with Gasteiger partial charge in [-0.05, 0) is 30.7 Å². The summed E-state index contributed by atoms with van der Waals surface area (Å²) in [5.74, 6) is 0.636. The second-order valence-electron chi connectivity index (χ2n) is 6.45. The molecule has 2 aromatic carbocycles. The zero-order valence-electron chi connectivity index (χ0n) is 15.7. The lowest BCUT2D eigenvalue weighted by Crippen LogP contribution is -2.25. The van der Waals surface area contributed by atoms with Crippen LogP contribution in [0.3, 0.4) is 0 Å². The van der Waals surface area contributed by atoms with E-state index >= 15 is 0 Å². The third-order valence-corrected chi connectivity index (χ3v) is 5.35. The number of carbonyl (C=O) groups is 1. The molecule has 0 bridgehead atoms. The maximum absolute atomic E-state index is 11.9. The fourth-order valence-corrected chi connectivity index (χ4v) is 3.90. The van der Waals surface area contributed by atoms with Gasteiger partial charge in [0, 0.05) is 28.4 Å². The van der Waals surface area contributed by atoms with Gasteiger partial charge in [0.2, 0.25) is 5.91 Å². The van der Waals surface area contributed by atoms with Crippen LogP contribution in [-0.2, 0) is 4.79 Å². The van der Waals surface area contributed by atoms with E-state index in [0.29, 0.717) is 11.0 Å². The molecule has 0 saturated carbocycles. The number of nitriles is 1. The van der Waals surface area contributed by atoms with Crippen LogP contribution in [-0.4, -0.2) is 38.0 Å². The second kappa shape index (κ2) is 8.20. The molecule has 0 aliphatic rings. The summed E-state index contributed by atoms with van der Waals surface area (Å²) in [7, 11) is 0. The number of nitrogens with one attached hydrogen (secondary N) is 2. The number of rotatable bonds is 6. The number of amides is 1. The van der Waals surface area contributed by atoms with Gasteiger partial charge in [-0.1, -0.05) is 42.1 Å². The minimum absolute atomic E-state index is 0.00937. The zero-order chi connectivity index (χ0) is 20.2. The quantitative estimate of drug-likeness (QED) is 0.380. The van der Waals surface area contributed by atoms with Crippen molar-refractivity contribution < 1.29 is 4.79 Å². The third kappa shape index (κ3) is 3.86. The van der Waals surface area contributed by atoms with E-state index in [2.05, 4.69) is 26.6 Å². The van der Waals surface area contributed by atoms with Crippen molar-refractivity contribution in [3.8, 4) is 23.1 Å². The standard InChI is InChI=1S/C21H18N6OS/c1-14-5-4-6-15(11-14)27-20(17-12-24-18-8-3-2-7-16(17)18)25-26-21(27)29-13-19(28)23-10-9-22/h2-8,11-12,24H,10,13H2,1H3,(H,23,28). The minimum Gasteiger partial charge on any atom is -0.360 e. The first-order chi connectivity index (χ1) is 14.2. The molecule has 8 heteroatoms. The molecule has 0 aliphatic carbocycles. The average Bonchev–Trinajstić information content (AvgIpc) is 3.34. The van der Waals surface area contributed by atoms with Crippen LogP contribution in [0.25, 0.3) is 28.0 Å². The van der Waals surface area contributed by atoms with Gasteiger partial charge in [0.25, 0.3) is 0 Å². The van der Waals surface area contributed by atoms with Crippen LogP contribution in [0.2, 0.25) is 0 Å². The molecule has 4 rings (SSSR count). The number of hydrogen-bond donors (Lipinski definition) is 2. The number of H-pyrrole nitrogens is 1. The van der Waals surface area contributed by atoms with E-state index in [4.69, 9.17) is 5.26 Å². The van der Waals surface area contributed by atoms with Gasteiger partial charge in [0.05, 0.1) is 11.8 Å². The fourth-order valence-electron chi connectivity index (χ4n) is 3.11. The number of benzene rings is 2. The maximum Gasteiger partial charge on any atom is 0.231 e. The lowest BCUT2D eigenvalue weighted by molar-refractivity contribution is -0.118. The molecule has 7 nitrogen and oxygen atoms in total. The highest BCUT2D eigenvalue weighted by molar-refractivity contribution is 7.99. The molecule has 0 fully saturated rings. The summed E-state index contributed by atoms with van der Waals surface area (Å²) in [6.07, 6.45) is 1.93. The third-order valence-electron chi connectivity index (χ3n) is 4.42. The van der Waals surface area contributed by atoms with Crippen molar-refractivity contribution in [2.75, 3.05) is 12.3 Å². The van der Waals surface area contributed by atoms with E-state index in [1.807, 2.05) is 66.2 Å². The van der Waals surface area contributed by atoms with Gasteiger partial charge < -0.3 is 10.3 Å². The molecule has 29 heavy (non-hydrogen) atoms. The molecule has 0 radical (unpaired) electrons. The number of fused-ring (bicyclic) bond motifs is 1. The Kier molecular flexibility index (Phi) is 5.31. The Morgan fingerprint density at radius 3 is 2.93 bits per heavy atom. The summed E-state index contributed by atoms with van der Waals surface area (Å²) in [5.41, 5.74) is 4.00. The number of hydrogen-bond acceptors (Lipinski definition) is 5. The average molecular weight is 402 g/mol. The second-order valence-corrected chi connectivity index (χ2v) is 7.39. The molecule has 0 unspecified atom stereocenters. The Bertz CT molecular complexity index is 1220. The van der Waals surface area contributed by atoms with Crippen LogP contribution < -0.4 is 5.32 Å². The maximum atomic E-state index is 11.9. The lowest BCUT2D eigenvalue weighted by Gasteiger charge is -2.10. The number of aryl methyl sites for hydroxylation is 1. The number of para-hydroxylation sites is 1. The van der Waals surface area contributed by atoms with Gasteiger partial charge in [-0.15, -0.1) is 10.2 Å². The molecule has 2 heterocycles. The van der Waals surface area contributed by atoms with Gasteiger partial charge in [0.15, 0.2) is 11.0 Å². The van der Waals surface area contributed by atoms with E-state index < -0.39 is 0 Å². The Morgan fingerprint density at radius 1 is 1.24 bits per heavy atom. The molecular weight excluding hydrogens is 384 g/mol. The van der Waals surface area contributed by atoms with Crippen LogP contribution in [0, 0.1) is 18.3 Å². The van der Waals surface area contributed by atoms with Crippen LogP contribution in [0.1, 0.15) is 5.56 Å². The fraction of sp³-hybridized carbons (Fsp3) is 0.143. The highest BCUT2D eigenvalue weighted by Crippen LogP contribution is 2.32. The summed E-state index contributed by atoms with van der Waals surface area (Å²) in [6, 6.07) is 18.0. The van der Waals surface area contributed by atoms with Crippen molar-refractivity contribution in [3.63, 3.8) is 0 Å². The van der Waals surface area contributed by atoms with E-state index in [1.54, 1.807) is 0 Å². The van der Waals surface area contributed by atoms with Crippen molar-refractivity contribution in [3.05, 3.63) is 60.3 Å². The van der Waals surface area contributed by atoms with Gasteiger partial charge >= 0.3 is 0 Å². The molecule has 0 aliphatic heterocycles. The van der Waals surface area contributed by atoms with E-state index in [9.17, 15) is 4.79 Å². The van der Waals surface area contributed by atoms with Gasteiger partial charge in [-0.3, -0.25) is 9.36 Å². The topological polar surface area (TPSA) is 99.4 Å². The molecule has 1 amide bonds. The summed E-state index contributed by atoms with van der Waals surface area (Å²) in [5, 5.41) is 21.6. The first kappa shape index (κ1) is 18.8. The van der Waals surface area contributed by atoms with Crippen molar-refractivity contribution in [2.24, 2.45) is 0 Å². The molecule has 144 valence electrons. The van der Waals surface area contributed by atoms with Crippen molar-refractivity contribution in [1.82, 2.24) is 25.1 Å². The lowest BCUT2D eigenvalue weighted by atomic mass is 10.1. The first-order valence-electron chi connectivity index (χ1n) is 9.03. The zero-order valence-corrected chi connectivity index (χ0v) is 16.5. The number of nitrogens with zero attached hydrogens (tertiary/aromatic N) is 4. The van der Waals surface area contributed by atoms with E-state index in [0.717, 1.165) is 27.7 Å². The molecule has 0 spiro atoms. The number of aromatic amines is 1. The van der Waals surface area contributed by atoms with Gasteiger partial charge in [0.1, 0.15) is 6.54 Å². The SMILES string of the molecule is Cc1cccc(-n2c(SCC(=O)NCC#N)nnc2-c2c[nH]c3ccccc23)c1. The highest BCUT2D eigenvalue weighted by Gasteiger charge is 2.19. The Morgan fingerprint density at radius 2 is 2.10 bits per heavy atom. The molecule has 4 aromatic rings. The van der Waals surface area contributed by atoms with E-state index in [1.165, 1.54) is 11.8 Å². The van der Waals surface area contributed by atoms with Crippen molar-refractivity contribution in [1.29, 1.82) is 5.26 Å². The van der Waals surface area contributed by atoms with Crippen LogP contribution >= 0.6 is 11.8 Å². The predicted octanol–water partition coefficient (Wildman–Crippen LogP) is 3.46. The molecule has 0 saturated heterocycles. The smallest absolute Gasteiger partial charge is 0.231 e. The van der Waals surface area contributed by atoms with Gasteiger partial charge in [-0.2, -0.15) is 5.26 Å². The summed E-state index contributed by atoms with van der Waals surface area (Å²) in [6.45, 7) is 2.02.